The summed E-state index contributed by atoms with van der Waals surface area (Å²) in [5.74, 6) is 1.99. The zero-order valence-electron chi connectivity index (χ0n) is 15.3. The molecule has 0 amide bonds. The van der Waals surface area contributed by atoms with Crippen LogP contribution >= 0.6 is 22.6 Å². The van der Waals surface area contributed by atoms with Gasteiger partial charge in [0.05, 0.1) is 33.4 Å². The van der Waals surface area contributed by atoms with Crippen molar-refractivity contribution >= 4 is 45.3 Å². The molecular formula is C21H20IN3O2. The Kier molecular flexibility index (Phi) is 6.35. The fourth-order valence-corrected chi connectivity index (χ4v) is 3.46. The molecule has 3 rings (SSSR count). The highest BCUT2D eigenvalue weighted by Crippen LogP contribution is 2.35. The van der Waals surface area contributed by atoms with E-state index in [2.05, 4.69) is 45.6 Å². The van der Waals surface area contributed by atoms with E-state index in [0.29, 0.717) is 30.4 Å². The second-order valence-corrected chi connectivity index (χ2v) is 7.05. The van der Waals surface area contributed by atoms with Gasteiger partial charge < -0.3 is 14.5 Å². The van der Waals surface area contributed by atoms with E-state index in [-0.39, 0.29) is 0 Å². The minimum Gasteiger partial charge on any atom is -0.490 e. The van der Waals surface area contributed by atoms with Crippen LogP contribution in [0.25, 0.3) is 22.7 Å². The Morgan fingerprint density at radius 2 is 2.07 bits per heavy atom. The number of H-pyrrole nitrogens is 1. The third kappa shape index (κ3) is 4.42. The van der Waals surface area contributed by atoms with Crippen molar-refractivity contribution in [3.8, 4) is 17.6 Å². The van der Waals surface area contributed by atoms with E-state index in [1.165, 1.54) is 0 Å². The lowest BCUT2D eigenvalue weighted by Gasteiger charge is -2.14. The van der Waals surface area contributed by atoms with E-state index in [0.717, 1.165) is 32.3 Å². The number of nitrogens with one attached hydrogen (secondary N) is 1. The molecule has 2 aromatic carbocycles. The summed E-state index contributed by atoms with van der Waals surface area (Å²) in [4.78, 5) is 7.72. The van der Waals surface area contributed by atoms with Crippen LogP contribution in [0.1, 0.15) is 31.7 Å². The molecule has 6 heteroatoms. The van der Waals surface area contributed by atoms with Crippen LogP contribution in [0, 0.1) is 14.9 Å². The molecule has 0 bridgehead atoms. The number of rotatable bonds is 7. The van der Waals surface area contributed by atoms with E-state index in [1.54, 1.807) is 0 Å². The van der Waals surface area contributed by atoms with Gasteiger partial charge in [0.25, 0.3) is 0 Å². The molecule has 0 fully saturated rings. The van der Waals surface area contributed by atoms with Crippen molar-refractivity contribution < 1.29 is 9.47 Å². The summed E-state index contributed by atoms with van der Waals surface area (Å²) < 4.78 is 12.5. The first-order chi connectivity index (χ1) is 13.2. The number of para-hydroxylation sites is 2. The number of aromatic nitrogens is 2. The zero-order chi connectivity index (χ0) is 19.2. The summed E-state index contributed by atoms with van der Waals surface area (Å²) in [5, 5.41) is 9.64. The normalized spacial score (nSPS) is 11.4. The van der Waals surface area contributed by atoms with E-state index in [9.17, 15) is 5.26 Å². The maximum Gasteiger partial charge on any atom is 0.174 e. The van der Waals surface area contributed by atoms with Crippen molar-refractivity contribution in [3.63, 3.8) is 0 Å². The number of fused-ring (bicyclic) bond motifs is 1. The van der Waals surface area contributed by atoms with Crippen LogP contribution in [0.4, 0.5) is 0 Å². The fourth-order valence-electron chi connectivity index (χ4n) is 2.68. The maximum atomic E-state index is 9.64. The molecule has 5 nitrogen and oxygen atoms in total. The van der Waals surface area contributed by atoms with Gasteiger partial charge in [-0.2, -0.15) is 5.26 Å². The summed E-state index contributed by atoms with van der Waals surface area (Å²) in [6, 6.07) is 13.8. The van der Waals surface area contributed by atoms with Crippen LogP contribution in [-0.2, 0) is 0 Å². The molecule has 1 aromatic heterocycles. The number of halogens is 1. The average Bonchev–Trinajstić information content (AvgIpc) is 3.09. The van der Waals surface area contributed by atoms with Gasteiger partial charge in [-0.1, -0.05) is 19.1 Å². The lowest BCUT2D eigenvalue weighted by Crippen LogP contribution is -2.02. The topological polar surface area (TPSA) is 70.9 Å². The average molecular weight is 473 g/mol. The SMILES string of the molecule is CCCOc1c(I)cc(/C=C(/C#N)c2nc3ccccc3[nH]2)cc1OCC. The third-order valence-corrected chi connectivity index (χ3v) is 4.66. The molecule has 3 aromatic rings. The molecule has 1 N–H and O–H groups in total. The van der Waals surface area contributed by atoms with Gasteiger partial charge in [-0.15, -0.1) is 0 Å². The molecule has 1 heterocycles. The standard InChI is InChI=1S/C21H20IN3O2/c1-3-9-27-20-16(22)11-14(12-19(20)26-4-2)10-15(13-23)21-24-17-7-5-6-8-18(17)25-21/h5-8,10-12H,3-4,9H2,1-2H3,(H,24,25)/b15-10-. The zero-order valence-corrected chi connectivity index (χ0v) is 17.4. The smallest absolute Gasteiger partial charge is 0.174 e. The van der Waals surface area contributed by atoms with Crippen molar-refractivity contribution in [2.24, 2.45) is 0 Å². The summed E-state index contributed by atoms with van der Waals surface area (Å²) in [6.07, 6.45) is 2.74. The molecule has 0 aliphatic rings. The Labute approximate surface area is 172 Å². The van der Waals surface area contributed by atoms with E-state index >= 15 is 0 Å². The maximum absolute atomic E-state index is 9.64. The molecule has 0 saturated heterocycles. The number of benzene rings is 2. The number of nitrogens with zero attached hydrogens (tertiary/aromatic N) is 2. The van der Waals surface area contributed by atoms with Gasteiger partial charge in [0, 0.05) is 0 Å². The number of ether oxygens (including phenoxy) is 2. The molecule has 0 saturated carbocycles. The van der Waals surface area contributed by atoms with Gasteiger partial charge in [0.15, 0.2) is 11.5 Å². The molecule has 0 unspecified atom stereocenters. The van der Waals surface area contributed by atoms with Gasteiger partial charge in [-0.3, -0.25) is 0 Å². The summed E-state index contributed by atoms with van der Waals surface area (Å²) in [6.45, 7) is 5.18. The fraction of sp³-hybridized carbons (Fsp3) is 0.238. The molecule has 0 spiro atoms. The monoisotopic (exact) mass is 473 g/mol. The molecular weight excluding hydrogens is 453 g/mol. The van der Waals surface area contributed by atoms with Crippen LogP contribution in [-0.4, -0.2) is 23.2 Å². The van der Waals surface area contributed by atoms with E-state index in [1.807, 2.05) is 49.4 Å². The van der Waals surface area contributed by atoms with Gasteiger partial charge in [0.1, 0.15) is 11.9 Å². The van der Waals surface area contributed by atoms with Gasteiger partial charge in [0.2, 0.25) is 0 Å². The number of imidazole rings is 1. The Balaban J connectivity index is 2.01. The van der Waals surface area contributed by atoms with Gasteiger partial charge >= 0.3 is 0 Å². The Morgan fingerprint density at radius 3 is 2.78 bits per heavy atom. The van der Waals surface area contributed by atoms with E-state index < -0.39 is 0 Å². The molecule has 0 aliphatic heterocycles. The first-order valence-corrected chi connectivity index (χ1v) is 9.90. The summed E-state index contributed by atoms with van der Waals surface area (Å²) in [5.41, 5.74) is 3.07. The third-order valence-electron chi connectivity index (χ3n) is 3.86. The number of hydrogen-bond donors (Lipinski definition) is 1. The Hall–Kier alpha value is -2.53. The largest absolute Gasteiger partial charge is 0.490 e. The molecule has 0 aliphatic carbocycles. The lowest BCUT2D eigenvalue weighted by molar-refractivity contribution is 0.275. The first-order valence-electron chi connectivity index (χ1n) is 8.82. The molecule has 27 heavy (non-hydrogen) atoms. The van der Waals surface area contributed by atoms with Crippen molar-refractivity contribution in [1.82, 2.24) is 9.97 Å². The summed E-state index contributed by atoms with van der Waals surface area (Å²) in [7, 11) is 0. The predicted octanol–water partition coefficient (Wildman–Crippen LogP) is 5.42. The number of aromatic amines is 1. The second-order valence-electron chi connectivity index (χ2n) is 5.88. The van der Waals surface area contributed by atoms with Crippen LogP contribution in [0.2, 0.25) is 0 Å². The van der Waals surface area contributed by atoms with Crippen LogP contribution < -0.4 is 9.47 Å². The van der Waals surface area contributed by atoms with E-state index in [4.69, 9.17) is 9.47 Å². The Bertz CT molecular complexity index is 985. The summed E-state index contributed by atoms with van der Waals surface area (Å²) >= 11 is 2.24. The second kappa shape index (κ2) is 8.91. The highest BCUT2D eigenvalue weighted by molar-refractivity contribution is 14.1. The molecule has 0 atom stereocenters. The molecule has 0 radical (unpaired) electrons. The van der Waals surface area contributed by atoms with Gasteiger partial charge in [-0.05, 0) is 71.8 Å². The van der Waals surface area contributed by atoms with Crippen LogP contribution in [0.5, 0.6) is 11.5 Å². The van der Waals surface area contributed by atoms with Crippen molar-refractivity contribution in [2.45, 2.75) is 20.3 Å². The minimum absolute atomic E-state index is 0.465. The predicted molar refractivity (Wildman–Crippen MR) is 116 cm³/mol. The number of hydrogen-bond acceptors (Lipinski definition) is 4. The van der Waals surface area contributed by atoms with Crippen molar-refractivity contribution in [3.05, 3.63) is 51.4 Å². The molecule has 138 valence electrons. The number of nitriles is 1. The minimum atomic E-state index is 0.465. The lowest BCUT2D eigenvalue weighted by atomic mass is 10.1. The van der Waals surface area contributed by atoms with Crippen molar-refractivity contribution in [2.75, 3.05) is 13.2 Å². The highest BCUT2D eigenvalue weighted by atomic mass is 127. The number of allylic oxidation sites excluding steroid dienone is 1. The van der Waals surface area contributed by atoms with Crippen LogP contribution in [0.3, 0.4) is 0 Å². The first kappa shape index (κ1) is 19.2. The Morgan fingerprint density at radius 1 is 1.26 bits per heavy atom. The highest BCUT2D eigenvalue weighted by Gasteiger charge is 2.13. The van der Waals surface area contributed by atoms with Gasteiger partial charge in [-0.25, -0.2) is 4.98 Å². The quantitative estimate of drug-likeness (QED) is 0.368. The van der Waals surface area contributed by atoms with Crippen molar-refractivity contribution in [1.29, 1.82) is 5.26 Å². The van der Waals surface area contributed by atoms with Crippen LogP contribution in [0.15, 0.2) is 36.4 Å².